The molecule has 0 bridgehead atoms. The first-order valence-corrected chi connectivity index (χ1v) is 7.49. The SMILES string of the molecule is COC(=O)Oc1cc([N+](=O)[O-])c(C(C)(C)C)cc1C1C=CCC1. The van der Waals surface area contributed by atoms with E-state index in [1.807, 2.05) is 26.8 Å². The Morgan fingerprint density at radius 2 is 2.04 bits per heavy atom. The van der Waals surface area contributed by atoms with E-state index >= 15 is 0 Å². The van der Waals surface area contributed by atoms with Gasteiger partial charge in [-0.2, -0.15) is 0 Å². The minimum absolute atomic E-state index is 0.0536. The Kier molecular flexibility index (Phi) is 4.73. The van der Waals surface area contributed by atoms with Crippen LogP contribution in [-0.4, -0.2) is 18.2 Å². The van der Waals surface area contributed by atoms with Gasteiger partial charge < -0.3 is 9.47 Å². The summed E-state index contributed by atoms with van der Waals surface area (Å²) in [6.45, 7) is 5.76. The van der Waals surface area contributed by atoms with E-state index in [-0.39, 0.29) is 17.4 Å². The van der Waals surface area contributed by atoms with Crippen molar-refractivity contribution in [2.45, 2.75) is 44.9 Å². The molecular weight excluding hydrogens is 298 g/mol. The van der Waals surface area contributed by atoms with Crippen molar-refractivity contribution in [3.05, 3.63) is 45.5 Å². The van der Waals surface area contributed by atoms with Crippen LogP contribution in [-0.2, 0) is 10.2 Å². The highest BCUT2D eigenvalue weighted by atomic mass is 16.7. The lowest BCUT2D eigenvalue weighted by Crippen LogP contribution is -2.16. The fraction of sp³-hybridized carbons (Fsp3) is 0.471. The molecular formula is C17H21NO5. The van der Waals surface area contributed by atoms with E-state index in [9.17, 15) is 14.9 Å². The van der Waals surface area contributed by atoms with Gasteiger partial charge in [-0.05, 0) is 24.3 Å². The number of nitrogens with zero attached hydrogens (tertiary/aromatic N) is 1. The van der Waals surface area contributed by atoms with E-state index in [4.69, 9.17) is 4.74 Å². The van der Waals surface area contributed by atoms with E-state index < -0.39 is 16.5 Å². The van der Waals surface area contributed by atoms with Gasteiger partial charge in [0.2, 0.25) is 0 Å². The van der Waals surface area contributed by atoms with Gasteiger partial charge in [-0.25, -0.2) is 4.79 Å². The van der Waals surface area contributed by atoms with Crippen LogP contribution >= 0.6 is 0 Å². The number of carbonyl (C=O) groups excluding carboxylic acids is 1. The molecule has 1 aromatic rings. The summed E-state index contributed by atoms with van der Waals surface area (Å²) in [6, 6.07) is 3.12. The highest BCUT2D eigenvalue weighted by molar-refractivity contribution is 5.66. The minimum Gasteiger partial charge on any atom is -0.437 e. The molecule has 1 aliphatic rings. The number of ether oxygens (including phenoxy) is 2. The molecule has 2 rings (SSSR count). The molecule has 0 fully saturated rings. The summed E-state index contributed by atoms with van der Waals surface area (Å²) in [4.78, 5) is 22.5. The molecule has 0 radical (unpaired) electrons. The number of rotatable bonds is 3. The molecule has 0 aromatic heterocycles. The Bertz CT molecular complexity index is 658. The number of hydrogen-bond acceptors (Lipinski definition) is 5. The highest BCUT2D eigenvalue weighted by Gasteiger charge is 2.30. The molecule has 1 atom stereocenters. The number of methoxy groups -OCH3 is 1. The average molecular weight is 319 g/mol. The average Bonchev–Trinajstić information content (AvgIpc) is 2.99. The third-order valence-corrected chi connectivity index (χ3v) is 3.90. The molecule has 0 saturated carbocycles. The van der Waals surface area contributed by atoms with Crippen molar-refractivity contribution >= 4 is 11.8 Å². The molecule has 23 heavy (non-hydrogen) atoms. The second kappa shape index (κ2) is 6.40. The molecule has 6 nitrogen and oxygen atoms in total. The van der Waals surface area contributed by atoms with Crippen molar-refractivity contribution in [1.82, 2.24) is 0 Å². The van der Waals surface area contributed by atoms with Gasteiger partial charge in [0.05, 0.1) is 18.1 Å². The van der Waals surface area contributed by atoms with E-state index in [1.165, 1.54) is 13.2 Å². The van der Waals surface area contributed by atoms with Crippen LogP contribution in [0.2, 0.25) is 0 Å². The fourth-order valence-corrected chi connectivity index (χ4v) is 2.74. The lowest BCUT2D eigenvalue weighted by atomic mass is 9.82. The summed E-state index contributed by atoms with van der Waals surface area (Å²) in [6.07, 6.45) is 5.04. The Labute approximate surface area is 135 Å². The molecule has 0 N–H and O–H groups in total. The van der Waals surface area contributed by atoms with Gasteiger partial charge in [0, 0.05) is 17.0 Å². The van der Waals surface area contributed by atoms with Crippen LogP contribution in [0.4, 0.5) is 10.5 Å². The van der Waals surface area contributed by atoms with E-state index in [1.54, 1.807) is 6.07 Å². The molecule has 6 heteroatoms. The predicted octanol–water partition coefficient (Wildman–Crippen LogP) is 4.47. The quantitative estimate of drug-likeness (QED) is 0.270. The van der Waals surface area contributed by atoms with Gasteiger partial charge in [0.15, 0.2) is 0 Å². The van der Waals surface area contributed by atoms with Crippen molar-refractivity contribution in [3.63, 3.8) is 0 Å². The van der Waals surface area contributed by atoms with Gasteiger partial charge in [-0.15, -0.1) is 0 Å². The Morgan fingerprint density at radius 3 is 2.52 bits per heavy atom. The Hall–Kier alpha value is -2.37. The van der Waals surface area contributed by atoms with Gasteiger partial charge in [0.25, 0.3) is 5.69 Å². The zero-order valence-corrected chi connectivity index (χ0v) is 13.8. The van der Waals surface area contributed by atoms with Crippen LogP contribution in [0.5, 0.6) is 5.75 Å². The van der Waals surface area contributed by atoms with Crippen molar-refractivity contribution in [2.75, 3.05) is 7.11 Å². The zero-order chi connectivity index (χ0) is 17.2. The first kappa shape index (κ1) is 17.0. The minimum atomic E-state index is -0.883. The molecule has 124 valence electrons. The number of carbonyl (C=O) groups is 1. The Morgan fingerprint density at radius 1 is 1.35 bits per heavy atom. The molecule has 0 saturated heterocycles. The number of hydrogen-bond donors (Lipinski definition) is 0. The molecule has 0 spiro atoms. The topological polar surface area (TPSA) is 78.7 Å². The number of nitro groups is 1. The number of benzene rings is 1. The second-order valence-electron chi connectivity index (χ2n) is 6.58. The predicted molar refractivity (Wildman–Crippen MR) is 85.9 cm³/mol. The van der Waals surface area contributed by atoms with Gasteiger partial charge in [0.1, 0.15) is 5.75 Å². The first-order chi connectivity index (χ1) is 10.7. The summed E-state index contributed by atoms with van der Waals surface area (Å²) in [5, 5.41) is 11.4. The largest absolute Gasteiger partial charge is 0.513 e. The Balaban J connectivity index is 2.62. The third kappa shape index (κ3) is 3.70. The summed E-state index contributed by atoms with van der Waals surface area (Å²) in [5.74, 6) is 0.268. The summed E-state index contributed by atoms with van der Waals surface area (Å²) >= 11 is 0. The maximum absolute atomic E-state index is 11.5. The van der Waals surface area contributed by atoms with E-state index in [0.29, 0.717) is 5.56 Å². The summed E-state index contributed by atoms with van der Waals surface area (Å²) in [7, 11) is 1.20. The highest BCUT2D eigenvalue weighted by Crippen LogP contribution is 2.42. The monoisotopic (exact) mass is 319 g/mol. The lowest BCUT2D eigenvalue weighted by molar-refractivity contribution is -0.386. The zero-order valence-electron chi connectivity index (χ0n) is 13.8. The first-order valence-electron chi connectivity index (χ1n) is 7.49. The number of allylic oxidation sites excluding steroid dienone is 2. The molecule has 0 heterocycles. The van der Waals surface area contributed by atoms with Gasteiger partial charge in [-0.1, -0.05) is 32.9 Å². The van der Waals surface area contributed by atoms with Crippen molar-refractivity contribution < 1.29 is 19.2 Å². The van der Waals surface area contributed by atoms with Crippen molar-refractivity contribution in [2.24, 2.45) is 0 Å². The van der Waals surface area contributed by atoms with Crippen molar-refractivity contribution in [3.8, 4) is 5.75 Å². The second-order valence-corrected chi connectivity index (χ2v) is 6.58. The molecule has 1 aromatic carbocycles. The normalized spacial score (nSPS) is 17.1. The fourth-order valence-electron chi connectivity index (χ4n) is 2.74. The van der Waals surface area contributed by atoms with Crippen LogP contribution in [0.3, 0.4) is 0 Å². The van der Waals surface area contributed by atoms with Crippen LogP contribution in [0, 0.1) is 10.1 Å². The molecule has 0 amide bonds. The van der Waals surface area contributed by atoms with Crippen LogP contribution in [0.25, 0.3) is 0 Å². The third-order valence-electron chi connectivity index (χ3n) is 3.90. The van der Waals surface area contributed by atoms with E-state index in [2.05, 4.69) is 10.8 Å². The molecule has 1 unspecified atom stereocenters. The standard InChI is InChI=1S/C17H21NO5/c1-17(2,3)13-9-12(11-7-5-6-8-11)15(23-16(19)22-4)10-14(13)18(20)21/h5,7,9-11H,6,8H2,1-4H3. The summed E-state index contributed by atoms with van der Waals surface area (Å²) < 4.78 is 9.69. The maximum atomic E-state index is 11.5. The van der Waals surface area contributed by atoms with Gasteiger partial charge in [-0.3, -0.25) is 10.1 Å². The van der Waals surface area contributed by atoms with Crippen molar-refractivity contribution in [1.29, 1.82) is 0 Å². The van der Waals surface area contributed by atoms with Crippen LogP contribution < -0.4 is 4.74 Å². The van der Waals surface area contributed by atoms with Gasteiger partial charge >= 0.3 is 6.16 Å². The number of nitro benzene ring substituents is 1. The van der Waals surface area contributed by atoms with E-state index in [0.717, 1.165) is 18.4 Å². The smallest absolute Gasteiger partial charge is 0.437 e. The molecule has 1 aliphatic carbocycles. The van der Waals surface area contributed by atoms with Crippen LogP contribution in [0.1, 0.15) is 50.7 Å². The summed E-state index contributed by atoms with van der Waals surface area (Å²) in [5.41, 5.74) is 0.945. The van der Waals surface area contributed by atoms with Crippen LogP contribution in [0.15, 0.2) is 24.3 Å². The molecule has 0 aliphatic heterocycles. The lowest BCUT2D eigenvalue weighted by Gasteiger charge is -2.22. The maximum Gasteiger partial charge on any atom is 0.513 e.